The van der Waals surface area contributed by atoms with Crippen molar-refractivity contribution >= 4 is 23.6 Å². The van der Waals surface area contributed by atoms with Gasteiger partial charge in [-0.3, -0.25) is 19.2 Å². The maximum absolute atomic E-state index is 13.3. The molecule has 5 atom stereocenters. The minimum atomic E-state index is -0.782. The molecule has 1 unspecified atom stereocenters. The summed E-state index contributed by atoms with van der Waals surface area (Å²) in [4.78, 5) is 52.2. The molecule has 9 heteroatoms. The summed E-state index contributed by atoms with van der Waals surface area (Å²) in [6.45, 7) is 5.16. The molecule has 4 aliphatic rings. The molecule has 0 radical (unpaired) electrons. The first-order valence-corrected chi connectivity index (χ1v) is 12.3. The average molecular weight is 458 g/mol. The fourth-order valence-corrected chi connectivity index (χ4v) is 6.17. The Labute approximate surface area is 195 Å². The number of fused-ring (bicyclic) bond motifs is 1. The molecule has 33 heavy (non-hydrogen) atoms. The Morgan fingerprint density at radius 1 is 1.18 bits per heavy atom. The Hall–Kier alpha value is -2.63. The van der Waals surface area contributed by atoms with Gasteiger partial charge in [-0.25, -0.2) is 0 Å². The van der Waals surface area contributed by atoms with Gasteiger partial charge in [0.05, 0.1) is 12.6 Å². The predicted octanol–water partition coefficient (Wildman–Crippen LogP) is 0.700. The summed E-state index contributed by atoms with van der Waals surface area (Å²) in [6, 6.07) is 0.664. The van der Waals surface area contributed by atoms with Crippen molar-refractivity contribution in [1.82, 2.24) is 20.9 Å². The van der Waals surface area contributed by atoms with Gasteiger partial charge in [0.2, 0.25) is 23.6 Å². The minimum Gasteiger partial charge on any atom is -0.356 e. The summed E-state index contributed by atoms with van der Waals surface area (Å²) < 4.78 is 0. The monoisotopic (exact) mass is 457 g/mol. The van der Waals surface area contributed by atoms with E-state index >= 15 is 0 Å². The van der Waals surface area contributed by atoms with Crippen molar-refractivity contribution in [2.24, 2.45) is 29.1 Å². The van der Waals surface area contributed by atoms with Crippen molar-refractivity contribution in [1.29, 1.82) is 5.26 Å². The van der Waals surface area contributed by atoms with Gasteiger partial charge >= 0.3 is 0 Å². The second-order valence-corrected chi connectivity index (χ2v) is 10.7. The van der Waals surface area contributed by atoms with E-state index in [0.29, 0.717) is 19.5 Å². The molecule has 0 aromatic rings. The zero-order valence-electron chi connectivity index (χ0n) is 19.6. The number of carbonyl (C=O) groups is 4. The van der Waals surface area contributed by atoms with Gasteiger partial charge in [-0.05, 0) is 42.9 Å². The lowest BCUT2D eigenvalue weighted by atomic mass is 9.89. The Morgan fingerprint density at radius 3 is 2.55 bits per heavy atom. The molecule has 4 amide bonds. The van der Waals surface area contributed by atoms with E-state index in [9.17, 15) is 24.4 Å². The van der Waals surface area contributed by atoms with Gasteiger partial charge < -0.3 is 20.9 Å². The molecule has 0 aromatic carbocycles. The molecule has 3 N–H and O–H groups in total. The van der Waals surface area contributed by atoms with Crippen LogP contribution in [0.25, 0.3) is 0 Å². The molecular weight excluding hydrogens is 422 g/mol. The molecule has 9 nitrogen and oxygen atoms in total. The van der Waals surface area contributed by atoms with Crippen molar-refractivity contribution in [3.8, 4) is 6.07 Å². The summed E-state index contributed by atoms with van der Waals surface area (Å²) in [7, 11) is 0. The van der Waals surface area contributed by atoms with Gasteiger partial charge in [0, 0.05) is 24.9 Å². The highest BCUT2D eigenvalue weighted by Gasteiger charge is 2.69. The lowest BCUT2D eigenvalue weighted by Gasteiger charge is -2.31. The van der Waals surface area contributed by atoms with Crippen molar-refractivity contribution in [2.45, 2.75) is 70.9 Å². The third-order valence-corrected chi connectivity index (χ3v) is 8.34. The lowest BCUT2D eigenvalue weighted by Crippen LogP contribution is -2.54. The molecule has 4 fully saturated rings. The number of nitrogens with one attached hydrogen (secondary N) is 3. The van der Waals surface area contributed by atoms with Gasteiger partial charge in [0.15, 0.2) is 0 Å². The highest BCUT2D eigenvalue weighted by atomic mass is 16.2. The van der Waals surface area contributed by atoms with E-state index in [0.717, 1.165) is 32.1 Å². The van der Waals surface area contributed by atoms with Crippen molar-refractivity contribution in [3.05, 3.63) is 0 Å². The van der Waals surface area contributed by atoms with Crippen LogP contribution in [-0.4, -0.2) is 60.2 Å². The van der Waals surface area contributed by atoms with Crippen LogP contribution < -0.4 is 16.0 Å². The molecule has 2 saturated heterocycles. The summed E-state index contributed by atoms with van der Waals surface area (Å²) in [5.41, 5.74) is -0.0440. The summed E-state index contributed by atoms with van der Waals surface area (Å²) in [6.07, 6.45) is 5.89. The second kappa shape index (κ2) is 9.32. The molecule has 0 spiro atoms. The van der Waals surface area contributed by atoms with Gasteiger partial charge in [-0.15, -0.1) is 0 Å². The van der Waals surface area contributed by atoms with Crippen LogP contribution in [0.15, 0.2) is 0 Å². The minimum absolute atomic E-state index is 0.0271. The molecule has 2 heterocycles. The van der Waals surface area contributed by atoms with Crippen LogP contribution in [0.2, 0.25) is 0 Å². The van der Waals surface area contributed by atoms with E-state index < -0.39 is 12.1 Å². The first-order chi connectivity index (χ1) is 15.7. The number of amides is 4. The zero-order valence-corrected chi connectivity index (χ0v) is 19.6. The van der Waals surface area contributed by atoms with E-state index in [1.54, 1.807) is 4.90 Å². The van der Waals surface area contributed by atoms with Gasteiger partial charge in [-0.2, -0.15) is 5.26 Å². The van der Waals surface area contributed by atoms with Gasteiger partial charge in [0.25, 0.3) is 0 Å². The van der Waals surface area contributed by atoms with Crippen LogP contribution in [0.1, 0.15) is 58.8 Å². The maximum Gasteiger partial charge on any atom is 0.244 e. The SMILES string of the molecule is CC1(C)[C@@H]2[C@@H](C(=O)NC(C#N)C[C@@H]3CCNC3=O)N(C(=O)CNC(=O)C3CCCCC3)C[C@@H]21. The second-order valence-electron chi connectivity index (χ2n) is 10.7. The molecule has 2 saturated carbocycles. The molecule has 0 bridgehead atoms. The maximum atomic E-state index is 13.3. The van der Waals surface area contributed by atoms with E-state index in [1.807, 2.05) is 0 Å². The van der Waals surface area contributed by atoms with Crippen molar-refractivity contribution in [2.75, 3.05) is 19.6 Å². The number of piperidine rings is 1. The van der Waals surface area contributed by atoms with Crippen molar-refractivity contribution in [3.63, 3.8) is 0 Å². The third kappa shape index (κ3) is 4.71. The number of rotatable bonds is 7. The highest BCUT2D eigenvalue weighted by Crippen LogP contribution is 2.64. The smallest absolute Gasteiger partial charge is 0.244 e. The quantitative estimate of drug-likeness (QED) is 0.518. The average Bonchev–Trinajstić information content (AvgIpc) is 3.16. The summed E-state index contributed by atoms with van der Waals surface area (Å²) >= 11 is 0. The molecule has 2 aliphatic heterocycles. The van der Waals surface area contributed by atoms with Crippen LogP contribution in [0.5, 0.6) is 0 Å². The van der Waals surface area contributed by atoms with E-state index in [-0.39, 0.29) is 65.7 Å². The van der Waals surface area contributed by atoms with Crippen LogP contribution in [0, 0.1) is 40.4 Å². The topological polar surface area (TPSA) is 131 Å². The molecule has 4 rings (SSSR count). The number of hydrogen-bond acceptors (Lipinski definition) is 5. The first kappa shape index (κ1) is 23.5. The fourth-order valence-electron chi connectivity index (χ4n) is 6.17. The molecule has 0 aromatic heterocycles. The Balaban J connectivity index is 1.37. The molecular formula is C24H35N5O4. The third-order valence-electron chi connectivity index (χ3n) is 8.34. The first-order valence-electron chi connectivity index (χ1n) is 12.3. The predicted molar refractivity (Wildman–Crippen MR) is 119 cm³/mol. The molecule has 2 aliphatic carbocycles. The Morgan fingerprint density at radius 2 is 1.91 bits per heavy atom. The van der Waals surface area contributed by atoms with E-state index in [2.05, 4.69) is 35.9 Å². The van der Waals surface area contributed by atoms with Crippen LogP contribution in [0.3, 0.4) is 0 Å². The number of likely N-dealkylation sites (tertiary alicyclic amines) is 1. The van der Waals surface area contributed by atoms with E-state index in [4.69, 9.17) is 0 Å². The Bertz CT molecular complexity index is 859. The van der Waals surface area contributed by atoms with Crippen LogP contribution >= 0.6 is 0 Å². The zero-order chi connectivity index (χ0) is 23.8. The highest BCUT2D eigenvalue weighted by molar-refractivity contribution is 5.92. The van der Waals surface area contributed by atoms with Gasteiger partial charge in [-0.1, -0.05) is 33.1 Å². The lowest BCUT2D eigenvalue weighted by molar-refractivity contribution is -0.141. The standard InChI is InChI=1S/C24H35N5O4/c1-24(2)17-13-29(18(30)12-27-21(31)14-6-4-3-5-7-14)20(19(17)24)23(33)28-16(11-25)10-15-8-9-26-22(15)32/h14-17,19-20H,3-10,12-13H2,1-2H3,(H,26,32)(H,27,31)(H,28,33)/t15-,16?,17-,19-,20-/m0/s1. The van der Waals surface area contributed by atoms with Gasteiger partial charge in [0.1, 0.15) is 12.1 Å². The molecule has 180 valence electrons. The Kier molecular flexibility index (Phi) is 6.64. The largest absolute Gasteiger partial charge is 0.356 e. The summed E-state index contributed by atoms with van der Waals surface area (Å²) in [5.74, 6) is -0.808. The van der Waals surface area contributed by atoms with Crippen LogP contribution in [0.4, 0.5) is 0 Å². The van der Waals surface area contributed by atoms with E-state index in [1.165, 1.54) is 0 Å². The van der Waals surface area contributed by atoms with Crippen LogP contribution in [-0.2, 0) is 19.2 Å². The number of nitrogens with zero attached hydrogens (tertiary/aromatic N) is 2. The number of nitriles is 1. The summed E-state index contributed by atoms with van der Waals surface area (Å²) in [5, 5.41) is 17.9. The number of carbonyl (C=O) groups excluding carboxylic acids is 4. The fraction of sp³-hybridized carbons (Fsp3) is 0.792. The van der Waals surface area contributed by atoms with Crippen molar-refractivity contribution < 1.29 is 19.2 Å². The normalized spacial score (nSPS) is 31.2. The number of hydrogen-bond donors (Lipinski definition) is 3.